The Morgan fingerprint density at radius 1 is 1.19 bits per heavy atom. The highest BCUT2D eigenvalue weighted by Gasteiger charge is 2.36. The van der Waals surface area contributed by atoms with Crippen LogP contribution in [0.3, 0.4) is 0 Å². The van der Waals surface area contributed by atoms with Crippen molar-refractivity contribution >= 4 is 24.9 Å². The molecule has 0 spiro atoms. The van der Waals surface area contributed by atoms with Crippen LogP contribution in [0.25, 0.3) is 0 Å². The first-order chi connectivity index (χ1) is 12.3. The second-order valence-corrected chi connectivity index (χ2v) is 7.52. The monoisotopic (exact) mass is 380 g/mol. The molecular formula is C16H17N2O7P. The van der Waals surface area contributed by atoms with E-state index in [1.165, 1.54) is 56.7 Å². The molecule has 138 valence electrons. The second-order valence-electron chi connectivity index (χ2n) is 5.19. The smallest absolute Gasteiger partial charge is 0.356 e. The number of hydrogen-bond acceptors (Lipinski definition) is 7. The summed E-state index contributed by atoms with van der Waals surface area (Å²) in [5.74, 6) is -2.20. The first-order valence-electron chi connectivity index (χ1n) is 7.36. The number of carbonyl (C=O) groups is 1. The van der Waals surface area contributed by atoms with Gasteiger partial charge in [0, 0.05) is 32.0 Å². The topological polar surface area (TPSA) is 128 Å². The van der Waals surface area contributed by atoms with Crippen LogP contribution in [0.5, 0.6) is 0 Å². The van der Waals surface area contributed by atoms with Crippen molar-refractivity contribution in [2.45, 2.75) is 5.78 Å². The molecule has 0 saturated heterocycles. The summed E-state index contributed by atoms with van der Waals surface area (Å²) in [4.78, 5) is 21.6. The Morgan fingerprint density at radius 2 is 1.85 bits per heavy atom. The van der Waals surface area contributed by atoms with Gasteiger partial charge in [-0.25, -0.2) is 4.79 Å². The summed E-state index contributed by atoms with van der Waals surface area (Å²) in [6, 6.07) is 11.4. The van der Waals surface area contributed by atoms with Gasteiger partial charge in [0.15, 0.2) is 5.78 Å². The number of nitrogens with zero attached hydrogens (tertiary/aromatic N) is 1. The Morgan fingerprint density at radius 3 is 2.42 bits per heavy atom. The van der Waals surface area contributed by atoms with Crippen molar-refractivity contribution in [2.24, 2.45) is 0 Å². The Balaban J connectivity index is 2.50. The predicted molar refractivity (Wildman–Crippen MR) is 94.5 cm³/mol. The lowest BCUT2D eigenvalue weighted by atomic mass is 10.1. The molecule has 0 aliphatic heterocycles. The molecule has 0 bridgehead atoms. The summed E-state index contributed by atoms with van der Waals surface area (Å²) in [7, 11) is -1.35. The molecule has 0 saturated carbocycles. The summed E-state index contributed by atoms with van der Waals surface area (Å²) >= 11 is 0. The van der Waals surface area contributed by atoms with Crippen LogP contribution in [0.2, 0.25) is 0 Å². The van der Waals surface area contributed by atoms with E-state index in [9.17, 15) is 19.5 Å². The minimum atomic E-state index is -3.75. The van der Waals surface area contributed by atoms with Crippen LogP contribution in [0.4, 0.5) is 11.4 Å². The average molecular weight is 380 g/mol. The fraction of sp³-hybridized carbons (Fsp3) is 0.188. The van der Waals surface area contributed by atoms with Crippen molar-refractivity contribution in [2.75, 3.05) is 19.5 Å². The second kappa shape index (κ2) is 8.09. The number of nitrogens with one attached hydrogen (secondary N) is 1. The van der Waals surface area contributed by atoms with Gasteiger partial charge in [0.05, 0.1) is 10.5 Å². The fourth-order valence-electron chi connectivity index (χ4n) is 2.34. The summed E-state index contributed by atoms with van der Waals surface area (Å²) in [5, 5.41) is 23.0. The Labute approximate surface area is 149 Å². The summed E-state index contributed by atoms with van der Waals surface area (Å²) in [6.45, 7) is 0. The molecule has 2 rings (SSSR count). The lowest BCUT2D eigenvalue weighted by Gasteiger charge is -2.26. The van der Waals surface area contributed by atoms with E-state index in [1.807, 2.05) is 0 Å². The number of carboxylic acid groups (broad SMARTS) is 1. The molecule has 0 fully saturated rings. The average Bonchev–Trinajstić information content (AvgIpc) is 2.65. The molecule has 0 heterocycles. The van der Waals surface area contributed by atoms with Crippen LogP contribution in [-0.2, 0) is 13.6 Å². The van der Waals surface area contributed by atoms with E-state index < -0.39 is 24.3 Å². The van der Waals surface area contributed by atoms with Gasteiger partial charge in [-0.05, 0) is 23.8 Å². The van der Waals surface area contributed by atoms with Crippen molar-refractivity contribution < 1.29 is 28.4 Å². The van der Waals surface area contributed by atoms with Gasteiger partial charge < -0.3 is 19.5 Å². The van der Waals surface area contributed by atoms with Crippen molar-refractivity contribution in [1.29, 1.82) is 0 Å². The van der Waals surface area contributed by atoms with Crippen LogP contribution < -0.4 is 5.32 Å². The van der Waals surface area contributed by atoms with E-state index in [0.717, 1.165) is 0 Å². The fourth-order valence-corrected chi connectivity index (χ4v) is 3.74. The van der Waals surface area contributed by atoms with Gasteiger partial charge in [0.1, 0.15) is 0 Å². The molecule has 0 aliphatic rings. The lowest BCUT2D eigenvalue weighted by Crippen LogP contribution is -2.14. The molecule has 2 aromatic rings. The zero-order valence-corrected chi connectivity index (χ0v) is 14.9. The summed E-state index contributed by atoms with van der Waals surface area (Å²) < 4.78 is 23.0. The number of benzene rings is 2. The number of rotatable bonds is 8. The molecule has 26 heavy (non-hydrogen) atoms. The van der Waals surface area contributed by atoms with E-state index in [4.69, 9.17) is 14.2 Å². The predicted octanol–water partition coefficient (Wildman–Crippen LogP) is 3.89. The third kappa shape index (κ3) is 4.26. The third-order valence-electron chi connectivity index (χ3n) is 3.63. The molecule has 1 atom stereocenters. The largest absolute Gasteiger partial charge is 0.478 e. The van der Waals surface area contributed by atoms with Crippen LogP contribution in [0, 0.1) is 10.1 Å². The van der Waals surface area contributed by atoms with Gasteiger partial charge in [-0.15, -0.1) is 0 Å². The zero-order valence-electron chi connectivity index (χ0n) is 14.0. The quantitative estimate of drug-likeness (QED) is 0.401. The summed E-state index contributed by atoms with van der Waals surface area (Å²) in [6.07, 6.45) is 0. The third-order valence-corrected chi connectivity index (χ3v) is 5.71. The number of nitro benzene ring substituents is 1. The van der Waals surface area contributed by atoms with E-state index in [-0.39, 0.29) is 11.3 Å². The van der Waals surface area contributed by atoms with Gasteiger partial charge in [-0.2, -0.15) is 0 Å². The highest BCUT2D eigenvalue weighted by atomic mass is 31.2. The Hall–Kier alpha value is -2.74. The minimum absolute atomic E-state index is 0.0254. The number of nitro groups is 1. The maximum absolute atomic E-state index is 13.0. The van der Waals surface area contributed by atoms with Crippen LogP contribution in [-0.4, -0.2) is 30.2 Å². The number of hydrogen-bond donors (Lipinski definition) is 2. The van der Waals surface area contributed by atoms with E-state index in [1.54, 1.807) is 6.07 Å². The molecule has 10 heteroatoms. The Bertz CT molecular complexity index is 863. The lowest BCUT2D eigenvalue weighted by molar-refractivity contribution is -0.384. The number of non-ortho nitro benzene ring substituents is 1. The SMILES string of the molecule is COP(=O)(OC)[C@H](Nc1cccc(C(=O)O)c1)c1cccc([N+](=O)[O-])c1. The van der Waals surface area contributed by atoms with Crippen LogP contribution >= 0.6 is 7.60 Å². The number of carboxylic acids is 1. The molecule has 0 amide bonds. The minimum Gasteiger partial charge on any atom is -0.478 e. The van der Waals surface area contributed by atoms with Crippen molar-refractivity contribution in [3.63, 3.8) is 0 Å². The Kier molecular flexibility index (Phi) is 6.10. The molecule has 2 N–H and O–H groups in total. The first kappa shape index (κ1) is 19.6. The van der Waals surface area contributed by atoms with Crippen LogP contribution in [0.1, 0.15) is 21.7 Å². The summed E-state index contributed by atoms with van der Waals surface area (Å²) in [5.41, 5.74) is 0.479. The van der Waals surface area contributed by atoms with Gasteiger partial charge in [-0.3, -0.25) is 14.7 Å². The van der Waals surface area contributed by atoms with Gasteiger partial charge in [0.25, 0.3) is 5.69 Å². The maximum Gasteiger partial charge on any atom is 0.356 e. The van der Waals surface area contributed by atoms with Crippen molar-refractivity contribution in [3.8, 4) is 0 Å². The normalized spacial score (nSPS) is 12.4. The zero-order chi connectivity index (χ0) is 19.3. The van der Waals surface area contributed by atoms with Crippen molar-refractivity contribution in [3.05, 3.63) is 69.8 Å². The van der Waals surface area contributed by atoms with Gasteiger partial charge in [0.2, 0.25) is 0 Å². The van der Waals surface area contributed by atoms with E-state index >= 15 is 0 Å². The molecule has 2 aromatic carbocycles. The van der Waals surface area contributed by atoms with E-state index in [0.29, 0.717) is 11.3 Å². The first-order valence-corrected chi connectivity index (χ1v) is 8.97. The maximum atomic E-state index is 13.0. The highest BCUT2D eigenvalue weighted by molar-refractivity contribution is 7.54. The molecule has 0 radical (unpaired) electrons. The number of aromatic carboxylic acids is 1. The molecule has 9 nitrogen and oxygen atoms in total. The van der Waals surface area contributed by atoms with E-state index in [2.05, 4.69) is 5.32 Å². The van der Waals surface area contributed by atoms with Gasteiger partial charge >= 0.3 is 13.6 Å². The standard InChI is InChI=1S/C16H17N2O7P/c1-24-26(23,25-2)15(11-5-4-8-14(10-11)18(21)22)17-13-7-3-6-12(9-13)16(19)20/h3-10,15,17H,1-2H3,(H,19,20)/t15-/m0/s1. The number of anilines is 1. The van der Waals surface area contributed by atoms with Gasteiger partial charge in [-0.1, -0.05) is 18.2 Å². The highest BCUT2D eigenvalue weighted by Crippen LogP contribution is 2.59. The van der Waals surface area contributed by atoms with Crippen LogP contribution in [0.15, 0.2) is 48.5 Å². The molecule has 0 aliphatic carbocycles. The molecule has 0 aromatic heterocycles. The molecule has 0 unspecified atom stereocenters. The molecular weight excluding hydrogens is 363 g/mol. The van der Waals surface area contributed by atoms with Crippen molar-refractivity contribution in [1.82, 2.24) is 0 Å².